The first-order valence-electron chi connectivity index (χ1n) is 9.43. The Morgan fingerprint density at radius 3 is 2.64 bits per heavy atom. The summed E-state index contributed by atoms with van der Waals surface area (Å²) in [4.78, 5) is 16.5. The normalized spacial score (nSPS) is 18.8. The van der Waals surface area contributed by atoms with Crippen LogP contribution < -0.4 is 5.32 Å². The Morgan fingerprint density at radius 1 is 1.18 bits per heavy atom. The van der Waals surface area contributed by atoms with E-state index in [4.69, 9.17) is 0 Å². The van der Waals surface area contributed by atoms with Gasteiger partial charge in [-0.2, -0.15) is 13.2 Å². The van der Waals surface area contributed by atoms with Crippen LogP contribution in [-0.2, 0) is 17.4 Å². The van der Waals surface area contributed by atoms with Gasteiger partial charge in [-0.15, -0.1) is 0 Å². The molecule has 1 saturated carbocycles. The molecule has 1 unspecified atom stereocenters. The number of pyridine rings is 1. The summed E-state index contributed by atoms with van der Waals surface area (Å²) in [6.45, 7) is 0.700. The molecule has 1 heterocycles. The first kappa shape index (κ1) is 18.9. The maximum atomic E-state index is 14.1. The van der Waals surface area contributed by atoms with Crippen LogP contribution in [0.3, 0.4) is 0 Å². The van der Waals surface area contributed by atoms with Crippen LogP contribution in [0.2, 0.25) is 0 Å². The van der Waals surface area contributed by atoms with E-state index in [1.807, 2.05) is 0 Å². The van der Waals surface area contributed by atoms with Crippen molar-refractivity contribution in [3.05, 3.63) is 53.1 Å². The summed E-state index contributed by atoms with van der Waals surface area (Å²) < 4.78 is 52.6. The zero-order valence-electron chi connectivity index (χ0n) is 15.2. The summed E-state index contributed by atoms with van der Waals surface area (Å²) in [5.41, 5.74) is 1.53. The quantitative estimate of drug-likeness (QED) is 0.739. The van der Waals surface area contributed by atoms with E-state index in [0.717, 1.165) is 48.9 Å². The molecule has 4 rings (SSSR count). The largest absolute Gasteiger partial charge is 0.419 e. The van der Waals surface area contributed by atoms with Gasteiger partial charge in [0.05, 0.1) is 5.56 Å². The molecule has 1 fully saturated rings. The Balaban J connectivity index is 1.60. The second kappa shape index (κ2) is 7.18. The number of alkyl halides is 3. The Labute approximate surface area is 160 Å². The number of rotatable bonds is 5. The molecule has 1 aromatic heterocycles. The van der Waals surface area contributed by atoms with Gasteiger partial charge in [0.2, 0.25) is 5.91 Å². The summed E-state index contributed by atoms with van der Waals surface area (Å²) >= 11 is 0. The SMILES string of the molecule is O=C(CC1CCc2cncc(-c3ccc(C(F)(F)F)c(F)c3)c21)NCC1CC1. The van der Waals surface area contributed by atoms with Crippen LogP contribution in [0.15, 0.2) is 30.6 Å². The van der Waals surface area contributed by atoms with E-state index in [1.165, 1.54) is 6.07 Å². The van der Waals surface area contributed by atoms with E-state index in [2.05, 4.69) is 10.3 Å². The summed E-state index contributed by atoms with van der Waals surface area (Å²) in [7, 11) is 0. The number of hydrogen-bond acceptors (Lipinski definition) is 2. The number of hydrogen-bond donors (Lipinski definition) is 1. The number of carbonyl (C=O) groups excluding carboxylic acids is 1. The van der Waals surface area contributed by atoms with Gasteiger partial charge >= 0.3 is 6.18 Å². The highest BCUT2D eigenvalue weighted by Gasteiger charge is 2.34. The van der Waals surface area contributed by atoms with Gasteiger partial charge < -0.3 is 5.32 Å². The average Bonchev–Trinajstić information content (AvgIpc) is 3.39. The summed E-state index contributed by atoms with van der Waals surface area (Å²) in [5, 5.41) is 2.96. The highest BCUT2D eigenvalue weighted by Crippen LogP contribution is 2.42. The highest BCUT2D eigenvalue weighted by molar-refractivity contribution is 5.78. The number of aromatic nitrogens is 1. The summed E-state index contributed by atoms with van der Waals surface area (Å²) in [6.07, 6.45) is 2.68. The minimum atomic E-state index is -4.73. The summed E-state index contributed by atoms with van der Waals surface area (Å²) in [6, 6.07) is 2.94. The monoisotopic (exact) mass is 392 g/mol. The molecule has 0 aliphatic heterocycles. The van der Waals surface area contributed by atoms with Gasteiger partial charge in [0.15, 0.2) is 0 Å². The Kier molecular flexibility index (Phi) is 4.85. The van der Waals surface area contributed by atoms with Crippen molar-refractivity contribution >= 4 is 5.91 Å². The molecule has 28 heavy (non-hydrogen) atoms. The Morgan fingerprint density at radius 2 is 1.96 bits per heavy atom. The average molecular weight is 392 g/mol. The predicted molar refractivity (Wildman–Crippen MR) is 96.0 cm³/mol. The van der Waals surface area contributed by atoms with Gasteiger partial charge in [-0.3, -0.25) is 9.78 Å². The summed E-state index contributed by atoms with van der Waals surface area (Å²) in [5.74, 6) is -0.780. The number of carbonyl (C=O) groups is 1. The van der Waals surface area contributed by atoms with Gasteiger partial charge in [0.25, 0.3) is 0 Å². The molecule has 1 atom stereocenters. The molecule has 0 bridgehead atoms. The number of benzene rings is 1. The molecule has 1 N–H and O–H groups in total. The predicted octanol–water partition coefficient (Wildman–Crippen LogP) is 4.85. The number of nitrogens with zero attached hydrogens (tertiary/aromatic N) is 1. The lowest BCUT2D eigenvalue weighted by molar-refractivity contribution is -0.140. The molecule has 1 aromatic carbocycles. The first-order chi connectivity index (χ1) is 13.3. The van der Waals surface area contributed by atoms with Crippen molar-refractivity contribution in [2.24, 2.45) is 5.92 Å². The lowest BCUT2D eigenvalue weighted by atomic mass is 9.90. The second-order valence-electron chi connectivity index (χ2n) is 7.64. The van der Waals surface area contributed by atoms with E-state index in [1.54, 1.807) is 12.4 Å². The molecule has 0 radical (unpaired) electrons. The van der Waals surface area contributed by atoms with Gasteiger partial charge in [-0.1, -0.05) is 6.07 Å². The topological polar surface area (TPSA) is 42.0 Å². The number of fused-ring (bicyclic) bond motifs is 1. The van der Waals surface area contributed by atoms with Crippen LogP contribution >= 0.6 is 0 Å². The molecule has 0 spiro atoms. The molecule has 0 saturated heterocycles. The Hall–Kier alpha value is -2.44. The van der Waals surface area contributed by atoms with Crippen LogP contribution in [-0.4, -0.2) is 17.4 Å². The van der Waals surface area contributed by atoms with Crippen molar-refractivity contribution in [3.8, 4) is 11.1 Å². The van der Waals surface area contributed by atoms with Crippen molar-refractivity contribution in [1.29, 1.82) is 0 Å². The third-order valence-corrected chi connectivity index (χ3v) is 5.54. The molecular formula is C21H20F4N2O. The maximum absolute atomic E-state index is 14.1. The number of amides is 1. The maximum Gasteiger partial charge on any atom is 0.419 e. The molecule has 2 aromatic rings. The van der Waals surface area contributed by atoms with Gasteiger partial charge in [-0.25, -0.2) is 4.39 Å². The highest BCUT2D eigenvalue weighted by atomic mass is 19.4. The minimum Gasteiger partial charge on any atom is -0.356 e. The van der Waals surface area contributed by atoms with Crippen LogP contribution in [0.5, 0.6) is 0 Å². The zero-order valence-corrected chi connectivity index (χ0v) is 15.2. The van der Waals surface area contributed by atoms with Gasteiger partial charge in [0, 0.05) is 30.9 Å². The van der Waals surface area contributed by atoms with E-state index in [0.29, 0.717) is 30.0 Å². The molecule has 3 nitrogen and oxygen atoms in total. The fourth-order valence-electron chi connectivity index (χ4n) is 3.89. The molecule has 2 aliphatic carbocycles. The number of aryl methyl sites for hydroxylation is 1. The third kappa shape index (κ3) is 3.88. The van der Waals surface area contributed by atoms with Crippen molar-refractivity contribution < 1.29 is 22.4 Å². The van der Waals surface area contributed by atoms with E-state index >= 15 is 0 Å². The number of nitrogens with one attached hydrogen (secondary N) is 1. The van der Waals surface area contributed by atoms with Crippen LogP contribution in [0.25, 0.3) is 11.1 Å². The molecule has 148 valence electrons. The minimum absolute atomic E-state index is 0.0221. The fourth-order valence-corrected chi connectivity index (χ4v) is 3.89. The van der Waals surface area contributed by atoms with Crippen LogP contribution in [0, 0.1) is 11.7 Å². The fraction of sp³-hybridized carbons (Fsp3) is 0.429. The van der Waals surface area contributed by atoms with Gasteiger partial charge in [-0.05, 0) is 66.3 Å². The molecule has 2 aliphatic rings. The Bertz CT molecular complexity index is 906. The number of halogens is 4. The lowest BCUT2D eigenvalue weighted by Gasteiger charge is -2.17. The third-order valence-electron chi connectivity index (χ3n) is 5.54. The molecular weight excluding hydrogens is 372 g/mol. The molecule has 7 heteroatoms. The van der Waals surface area contributed by atoms with Crippen LogP contribution in [0.4, 0.5) is 17.6 Å². The standard InChI is InChI=1S/C21H20F4N2O/c22-18-7-13(5-6-17(18)21(23,24)25)16-11-26-10-15-4-3-14(20(15)16)8-19(28)27-9-12-1-2-12/h5-7,10-12,14H,1-4,8-9H2,(H,27,28). The van der Waals surface area contributed by atoms with Crippen LogP contribution in [0.1, 0.15) is 48.3 Å². The smallest absolute Gasteiger partial charge is 0.356 e. The molecule has 1 amide bonds. The van der Waals surface area contributed by atoms with Crippen molar-refractivity contribution in [2.75, 3.05) is 6.54 Å². The van der Waals surface area contributed by atoms with Crippen molar-refractivity contribution in [3.63, 3.8) is 0 Å². The van der Waals surface area contributed by atoms with E-state index in [9.17, 15) is 22.4 Å². The van der Waals surface area contributed by atoms with Crippen molar-refractivity contribution in [2.45, 2.75) is 44.2 Å². The zero-order chi connectivity index (χ0) is 19.9. The lowest BCUT2D eigenvalue weighted by Crippen LogP contribution is -2.26. The van der Waals surface area contributed by atoms with E-state index in [-0.39, 0.29) is 11.8 Å². The first-order valence-corrected chi connectivity index (χ1v) is 9.43. The van der Waals surface area contributed by atoms with Gasteiger partial charge in [0.1, 0.15) is 5.82 Å². The van der Waals surface area contributed by atoms with E-state index < -0.39 is 17.6 Å². The second-order valence-corrected chi connectivity index (χ2v) is 7.64. The van der Waals surface area contributed by atoms with Crippen molar-refractivity contribution in [1.82, 2.24) is 10.3 Å².